The van der Waals surface area contributed by atoms with Crippen LogP contribution < -0.4 is 15.8 Å². The van der Waals surface area contributed by atoms with Crippen molar-refractivity contribution in [3.63, 3.8) is 0 Å². The van der Waals surface area contributed by atoms with E-state index in [-0.39, 0.29) is 11.8 Å². The van der Waals surface area contributed by atoms with Crippen LogP contribution in [0.5, 0.6) is 5.88 Å². The minimum absolute atomic E-state index is 0.146. The Balaban J connectivity index is 1.64. The number of carbonyl (C=O) groups is 1. The Morgan fingerprint density at radius 2 is 1.80 bits per heavy atom. The second kappa shape index (κ2) is 7.95. The van der Waals surface area contributed by atoms with Gasteiger partial charge in [0.25, 0.3) is 5.91 Å². The van der Waals surface area contributed by atoms with Gasteiger partial charge in [0.05, 0.1) is 18.9 Å². The van der Waals surface area contributed by atoms with E-state index in [1.54, 1.807) is 6.92 Å². The molecule has 1 amide bonds. The molecule has 4 aromatic rings. The summed E-state index contributed by atoms with van der Waals surface area (Å²) in [4.78, 5) is 29.4. The van der Waals surface area contributed by atoms with Gasteiger partial charge in [0.1, 0.15) is 22.7 Å². The number of aryl methyl sites for hydroxylation is 1. The molecule has 10 nitrogen and oxygen atoms in total. The number of methoxy groups -OCH3 is 1. The van der Waals surface area contributed by atoms with Gasteiger partial charge < -0.3 is 20.3 Å². The number of amides is 1. The van der Waals surface area contributed by atoms with Crippen molar-refractivity contribution in [1.29, 1.82) is 0 Å². The quantitative estimate of drug-likeness (QED) is 0.514. The Labute approximate surface area is 171 Å². The molecule has 3 heterocycles. The first-order chi connectivity index (χ1) is 14.6. The van der Waals surface area contributed by atoms with E-state index >= 15 is 0 Å². The summed E-state index contributed by atoms with van der Waals surface area (Å²) < 4.78 is 10.6. The Hall–Kier alpha value is -4.34. The third kappa shape index (κ3) is 3.65. The van der Waals surface area contributed by atoms with Gasteiger partial charge in [-0.15, -0.1) is 0 Å². The zero-order valence-corrected chi connectivity index (χ0v) is 16.2. The van der Waals surface area contributed by atoms with Gasteiger partial charge in [-0.05, 0) is 6.92 Å². The molecular weight excluding hydrogens is 386 g/mol. The van der Waals surface area contributed by atoms with Gasteiger partial charge in [0.15, 0.2) is 5.82 Å². The van der Waals surface area contributed by atoms with Crippen molar-refractivity contribution in [3.8, 4) is 28.5 Å². The number of nitrogens with zero attached hydrogens (tertiary/aromatic N) is 5. The smallest absolute Gasteiger partial charge is 0.261 e. The van der Waals surface area contributed by atoms with Crippen molar-refractivity contribution in [3.05, 3.63) is 60.2 Å². The first-order valence-electron chi connectivity index (χ1n) is 8.88. The second-order valence-electron chi connectivity index (χ2n) is 6.23. The maximum Gasteiger partial charge on any atom is 0.261 e. The van der Waals surface area contributed by atoms with E-state index in [0.717, 1.165) is 5.56 Å². The summed E-state index contributed by atoms with van der Waals surface area (Å²) in [6.45, 7) is 1.67. The lowest BCUT2D eigenvalue weighted by molar-refractivity contribution is 0.102. The van der Waals surface area contributed by atoms with E-state index in [9.17, 15) is 4.79 Å². The Morgan fingerprint density at radius 3 is 2.50 bits per heavy atom. The van der Waals surface area contributed by atoms with Crippen LogP contribution in [0.1, 0.15) is 16.1 Å². The molecular formula is C20H17N7O3. The number of hydrogen-bond donors (Lipinski definition) is 2. The number of benzene rings is 1. The summed E-state index contributed by atoms with van der Waals surface area (Å²) in [6, 6.07) is 9.30. The normalized spacial score (nSPS) is 10.6. The van der Waals surface area contributed by atoms with Crippen LogP contribution in [-0.4, -0.2) is 38.1 Å². The summed E-state index contributed by atoms with van der Waals surface area (Å²) in [5.74, 6) is 0.629. The number of ether oxygens (including phenoxy) is 1. The highest BCUT2D eigenvalue weighted by Gasteiger charge is 2.23. The molecule has 0 aliphatic rings. The summed E-state index contributed by atoms with van der Waals surface area (Å²) in [6.07, 6.45) is 4.45. The SMILES string of the molecule is COc1nc(-c2cnc(N)nc2)ncc1NC(=O)c1c(-c2ccccc2)noc1C. The molecule has 0 unspecified atom stereocenters. The van der Waals surface area contributed by atoms with Gasteiger partial charge >= 0.3 is 0 Å². The molecule has 10 heteroatoms. The molecule has 3 aromatic heterocycles. The number of hydrogen-bond acceptors (Lipinski definition) is 9. The zero-order chi connectivity index (χ0) is 21.1. The van der Waals surface area contributed by atoms with Crippen molar-refractivity contribution in [2.24, 2.45) is 0 Å². The first kappa shape index (κ1) is 19.0. The van der Waals surface area contributed by atoms with Crippen LogP contribution >= 0.6 is 0 Å². The fraction of sp³-hybridized carbons (Fsp3) is 0.100. The van der Waals surface area contributed by atoms with Gasteiger partial charge in [-0.25, -0.2) is 15.0 Å². The highest BCUT2D eigenvalue weighted by Crippen LogP contribution is 2.28. The molecule has 0 fully saturated rings. The minimum atomic E-state index is -0.418. The topological polar surface area (TPSA) is 142 Å². The van der Waals surface area contributed by atoms with Crippen molar-refractivity contribution in [1.82, 2.24) is 25.1 Å². The third-order valence-electron chi connectivity index (χ3n) is 4.26. The molecule has 0 aliphatic heterocycles. The largest absolute Gasteiger partial charge is 0.479 e. The van der Waals surface area contributed by atoms with Crippen LogP contribution in [0.15, 0.2) is 53.4 Å². The van der Waals surface area contributed by atoms with Gasteiger partial charge in [-0.1, -0.05) is 35.5 Å². The monoisotopic (exact) mass is 403 g/mol. The molecule has 0 saturated carbocycles. The van der Waals surface area contributed by atoms with Crippen LogP contribution in [0.25, 0.3) is 22.6 Å². The summed E-state index contributed by atoms with van der Waals surface area (Å²) in [5, 5.41) is 6.79. The highest BCUT2D eigenvalue weighted by molar-refractivity contribution is 6.09. The minimum Gasteiger partial charge on any atom is -0.479 e. The molecule has 0 aliphatic carbocycles. The fourth-order valence-electron chi connectivity index (χ4n) is 2.82. The van der Waals surface area contributed by atoms with Gasteiger partial charge in [0.2, 0.25) is 11.8 Å². The van der Waals surface area contributed by atoms with Crippen molar-refractivity contribution in [2.45, 2.75) is 6.92 Å². The summed E-state index contributed by atoms with van der Waals surface area (Å²) in [5.41, 5.74) is 7.88. The Bertz CT molecular complexity index is 1190. The molecule has 1 aromatic carbocycles. The fourth-order valence-corrected chi connectivity index (χ4v) is 2.82. The van der Waals surface area contributed by atoms with Crippen LogP contribution in [0, 0.1) is 6.92 Å². The molecule has 0 atom stereocenters. The molecule has 0 bridgehead atoms. The number of anilines is 2. The van der Waals surface area contributed by atoms with Crippen LogP contribution in [0.3, 0.4) is 0 Å². The van der Waals surface area contributed by atoms with Crippen molar-refractivity contribution in [2.75, 3.05) is 18.2 Å². The zero-order valence-electron chi connectivity index (χ0n) is 16.2. The third-order valence-corrected chi connectivity index (χ3v) is 4.26. The van der Waals surface area contributed by atoms with Crippen LogP contribution in [0.4, 0.5) is 11.6 Å². The van der Waals surface area contributed by atoms with Gasteiger partial charge in [0, 0.05) is 18.0 Å². The van der Waals surface area contributed by atoms with E-state index in [4.69, 9.17) is 15.0 Å². The molecule has 4 rings (SSSR count). The lowest BCUT2D eigenvalue weighted by Crippen LogP contribution is -2.15. The predicted molar refractivity (Wildman–Crippen MR) is 109 cm³/mol. The molecule has 3 N–H and O–H groups in total. The molecule has 0 saturated heterocycles. The van der Waals surface area contributed by atoms with E-state index in [0.29, 0.717) is 34.1 Å². The number of rotatable bonds is 5. The number of carbonyl (C=O) groups excluding carboxylic acids is 1. The second-order valence-corrected chi connectivity index (χ2v) is 6.23. The molecule has 30 heavy (non-hydrogen) atoms. The number of aromatic nitrogens is 5. The first-order valence-corrected chi connectivity index (χ1v) is 8.88. The van der Waals surface area contributed by atoms with Gasteiger partial charge in [-0.2, -0.15) is 4.98 Å². The van der Waals surface area contributed by atoms with Crippen LogP contribution in [0.2, 0.25) is 0 Å². The highest BCUT2D eigenvalue weighted by atomic mass is 16.5. The predicted octanol–water partition coefficient (Wildman–Crippen LogP) is 2.74. The number of nitrogen functional groups attached to an aromatic ring is 1. The van der Waals surface area contributed by atoms with E-state index in [1.165, 1.54) is 25.7 Å². The molecule has 0 radical (unpaired) electrons. The molecule has 150 valence electrons. The Kier molecular flexibility index (Phi) is 5.04. The Morgan fingerprint density at radius 1 is 1.07 bits per heavy atom. The van der Waals surface area contributed by atoms with E-state index < -0.39 is 5.91 Å². The van der Waals surface area contributed by atoms with E-state index in [2.05, 4.69) is 30.4 Å². The average molecular weight is 403 g/mol. The maximum absolute atomic E-state index is 13.0. The molecule has 0 spiro atoms. The van der Waals surface area contributed by atoms with Gasteiger partial charge in [-0.3, -0.25) is 4.79 Å². The summed E-state index contributed by atoms with van der Waals surface area (Å²) >= 11 is 0. The van der Waals surface area contributed by atoms with Crippen LogP contribution in [-0.2, 0) is 0 Å². The standard InChI is InChI=1S/C20H17N7O3/c1-11-15(16(27-30-11)12-6-4-3-5-7-12)18(28)25-14-10-22-17(26-19(14)29-2)13-8-23-20(21)24-9-13/h3-10H,1-2H3,(H,25,28)(H2,21,23,24). The number of nitrogens with one attached hydrogen (secondary N) is 1. The summed E-state index contributed by atoms with van der Waals surface area (Å²) in [7, 11) is 1.45. The average Bonchev–Trinajstić information content (AvgIpc) is 3.16. The van der Waals surface area contributed by atoms with Crippen molar-refractivity contribution >= 4 is 17.5 Å². The number of nitrogens with two attached hydrogens (primary N) is 1. The van der Waals surface area contributed by atoms with E-state index in [1.807, 2.05) is 30.3 Å². The van der Waals surface area contributed by atoms with Crippen molar-refractivity contribution < 1.29 is 14.1 Å². The lowest BCUT2D eigenvalue weighted by Gasteiger charge is -2.10. The lowest BCUT2D eigenvalue weighted by atomic mass is 10.1. The maximum atomic E-state index is 13.0.